The van der Waals surface area contributed by atoms with Crippen molar-refractivity contribution in [1.82, 2.24) is 10.6 Å². The summed E-state index contributed by atoms with van der Waals surface area (Å²) < 4.78 is 17.4. The predicted octanol–water partition coefficient (Wildman–Crippen LogP) is 0.388. The van der Waals surface area contributed by atoms with Gasteiger partial charge >= 0.3 is 5.97 Å². The molecule has 2 rings (SSSR count). The Hall–Kier alpha value is -1.95. The number of carbonyl (C=O) groups excluding carboxylic acids is 2. The van der Waals surface area contributed by atoms with Crippen molar-refractivity contribution in [3.8, 4) is 0 Å². The van der Waals surface area contributed by atoms with E-state index in [1.54, 1.807) is 12.1 Å². The van der Waals surface area contributed by atoms with E-state index in [0.29, 0.717) is 13.0 Å². The van der Waals surface area contributed by atoms with E-state index in [1.165, 1.54) is 19.2 Å². The van der Waals surface area contributed by atoms with Gasteiger partial charge in [0, 0.05) is 12.6 Å². The third kappa shape index (κ3) is 3.77. The van der Waals surface area contributed by atoms with E-state index >= 15 is 0 Å². The first kappa shape index (κ1) is 14.5. The largest absolute Gasteiger partial charge is 0.468 e. The number of nitrogens with one attached hydrogen (secondary N) is 2. The van der Waals surface area contributed by atoms with Crippen LogP contribution in [0.5, 0.6) is 0 Å². The van der Waals surface area contributed by atoms with Gasteiger partial charge in [-0.05, 0) is 24.1 Å². The molecule has 1 aliphatic heterocycles. The van der Waals surface area contributed by atoms with Gasteiger partial charge in [0.15, 0.2) is 0 Å². The van der Waals surface area contributed by atoms with Crippen molar-refractivity contribution in [1.29, 1.82) is 0 Å². The fourth-order valence-electron chi connectivity index (χ4n) is 2.23. The van der Waals surface area contributed by atoms with Crippen molar-refractivity contribution in [3.05, 3.63) is 35.6 Å². The average Bonchev–Trinajstić information content (AvgIpc) is 2.89. The van der Waals surface area contributed by atoms with Gasteiger partial charge in [0.2, 0.25) is 5.91 Å². The zero-order valence-corrected chi connectivity index (χ0v) is 11.2. The molecular formula is C14H17FN2O3. The summed E-state index contributed by atoms with van der Waals surface area (Å²) in [4.78, 5) is 23.2. The summed E-state index contributed by atoms with van der Waals surface area (Å²) in [5, 5.41) is 5.84. The Balaban J connectivity index is 1.81. The highest BCUT2D eigenvalue weighted by Crippen LogP contribution is 2.09. The summed E-state index contributed by atoms with van der Waals surface area (Å²) in [6.45, 7) is 0.537. The Bertz CT molecular complexity index is 490. The maximum absolute atomic E-state index is 12.8. The quantitative estimate of drug-likeness (QED) is 0.783. The maximum atomic E-state index is 12.8. The van der Waals surface area contributed by atoms with Crippen LogP contribution in [0, 0.1) is 5.82 Å². The standard InChI is InChI=1S/C14H17FN2O3/c1-20-14(19)12-7-11(8-16-12)17-13(18)6-9-2-4-10(15)5-3-9/h2-5,11-12,16H,6-8H2,1H3,(H,17,18)/t11-,12+/m1/s1. The Labute approximate surface area is 116 Å². The molecule has 1 saturated heterocycles. The fourth-order valence-corrected chi connectivity index (χ4v) is 2.23. The van der Waals surface area contributed by atoms with Crippen LogP contribution >= 0.6 is 0 Å². The molecule has 2 atom stereocenters. The molecule has 1 aromatic rings. The molecule has 0 unspecified atom stereocenters. The molecule has 20 heavy (non-hydrogen) atoms. The number of benzene rings is 1. The lowest BCUT2D eigenvalue weighted by molar-refractivity contribution is -0.142. The molecule has 5 nitrogen and oxygen atoms in total. The van der Waals surface area contributed by atoms with Crippen molar-refractivity contribution in [3.63, 3.8) is 0 Å². The number of carbonyl (C=O) groups is 2. The number of esters is 1. The summed E-state index contributed by atoms with van der Waals surface area (Å²) in [6.07, 6.45) is 0.710. The van der Waals surface area contributed by atoms with Crippen LogP contribution in [0.3, 0.4) is 0 Å². The van der Waals surface area contributed by atoms with Gasteiger partial charge < -0.3 is 15.4 Å². The van der Waals surface area contributed by atoms with Gasteiger partial charge in [0.05, 0.1) is 13.5 Å². The molecule has 1 fully saturated rings. The second kappa shape index (κ2) is 6.47. The van der Waals surface area contributed by atoms with Gasteiger partial charge in [-0.25, -0.2) is 4.39 Å². The normalized spacial score (nSPS) is 21.5. The molecule has 0 spiro atoms. The summed E-state index contributed by atoms with van der Waals surface area (Å²) in [5.41, 5.74) is 0.749. The van der Waals surface area contributed by atoms with Gasteiger partial charge in [0.25, 0.3) is 0 Å². The van der Waals surface area contributed by atoms with Crippen molar-refractivity contribution in [2.24, 2.45) is 0 Å². The first-order valence-corrected chi connectivity index (χ1v) is 6.43. The van der Waals surface area contributed by atoms with Crippen LogP contribution in [-0.2, 0) is 20.7 Å². The third-order valence-electron chi connectivity index (χ3n) is 3.26. The SMILES string of the molecule is COC(=O)[C@@H]1C[C@@H](NC(=O)Cc2ccc(F)cc2)CN1. The van der Waals surface area contributed by atoms with Crippen LogP contribution in [0.2, 0.25) is 0 Å². The number of hydrogen-bond donors (Lipinski definition) is 2. The molecule has 1 heterocycles. The van der Waals surface area contributed by atoms with Crippen molar-refractivity contribution in [2.75, 3.05) is 13.7 Å². The van der Waals surface area contributed by atoms with E-state index in [9.17, 15) is 14.0 Å². The molecule has 6 heteroatoms. The molecule has 0 aliphatic carbocycles. The van der Waals surface area contributed by atoms with Crippen LogP contribution < -0.4 is 10.6 Å². The smallest absolute Gasteiger partial charge is 0.322 e. The van der Waals surface area contributed by atoms with Crippen molar-refractivity contribution < 1.29 is 18.7 Å². The highest BCUT2D eigenvalue weighted by atomic mass is 19.1. The first-order valence-electron chi connectivity index (χ1n) is 6.43. The number of rotatable bonds is 4. The molecular weight excluding hydrogens is 263 g/mol. The second-order valence-electron chi connectivity index (χ2n) is 4.79. The number of amides is 1. The van der Waals surface area contributed by atoms with E-state index in [2.05, 4.69) is 15.4 Å². The van der Waals surface area contributed by atoms with E-state index in [4.69, 9.17) is 0 Å². The zero-order chi connectivity index (χ0) is 14.5. The van der Waals surface area contributed by atoms with Crippen LogP contribution in [-0.4, -0.2) is 37.6 Å². The van der Waals surface area contributed by atoms with Crippen LogP contribution in [0.1, 0.15) is 12.0 Å². The van der Waals surface area contributed by atoms with Crippen molar-refractivity contribution in [2.45, 2.75) is 24.9 Å². The van der Waals surface area contributed by atoms with Gasteiger partial charge in [-0.15, -0.1) is 0 Å². The molecule has 1 aromatic carbocycles. The van der Waals surface area contributed by atoms with E-state index < -0.39 is 0 Å². The Kier molecular flexibility index (Phi) is 4.68. The van der Waals surface area contributed by atoms with Crippen LogP contribution in [0.25, 0.3) is 0 Å². The lowest BCUT2D eigenvalue weighted by Crippen LogP contribution is -2.37. The molecule has 0 radical (unpaired) electrons. The van der Waals surface area contributed by atoms with Crippen LogP contribution in [0.4, 0.5) is 4.39 Å². The summed E-state index contributed by atoms with van der Waals surface area (Å²) in [6, 6.07) is 5.36. The molecule has 1 aliphatic rings. The molecule has 108 valence electrons. The number of halogens is 1. The summed E-state index contributed by atoms with van der Waals surface area (Å²) >= 11 is 0. The van der Waals surface area contributed by atoms with Gasteiger partial charge in [-0.3, -0.25) is 9.59 Å². The highest BCUT2D eigenvalue weighted by Gasteiger charge is 2.30. The van der Waals surface area contributed by atoms with Gasteiger partial charge in [-0.2, -0.15) is 0 Å². The molecule has 0 aromatic heterocycles. The molecule has 0 bridgehead atoms. The minimum absolute atomic E-state index is 0.0907. The Morgan fingerprint density at radius 1 is 1.40 bits per heavy atom. The zero-order valence-electron chi connectivity index (χ0n) is 11.2. The van der Waals surface area contributed by atoms with Gasteiger partial charge in [-0.1, -0.05) is 12.1 Å². The van der Waals surface area contributed by atoms with E-state index in [0.717, 1.165) is 5.56 Å². The van der Waals surface area contributed by atoms with E-state index in [-0.39, 0.29) is 36.2 Å². The summed E-state index contributed by atoms with van der Waals surface area (Å²) in [7, 11) is 1.34. The number of methoxy groups -OCH3 is 1. The average molecular weight is 280 g/mol. The highest BCUT2D eigenvalue weighted by molar-refractivity contribution is 5.80. The Morgan fingerprint density at radius 2 is 2.10 bits per heavy atom. The minimum Gasteiger partial charge on any atom is -0.468 e. The van der Waals surface area contributed by atoms with Gasteiger partial charge in [0.1, 0.15) is 11.9 Å². The fraction of sp³-hybridized carbons (Fsp3) is 0.429. The Morgan fingerprint density at radius 3 is 2.75 bits per heavy atom. The lowest BCUT2D eigenvalue weighted by atomic mass is 10.1. The topological polar surface area (TPSA) is 67.4 Å². The summed E-state index contributed by atoms with van der Waals surface area (Å²) in [5.74, 6) is -0.788. The number of hydrogen-bond acceptors (Lipinski definition) is 4. The molecule has 1 amide bonds. The monoisotopic (exact) mass is 280 g/mol. The molecule has 2 N–H and O–H groups in total. The van der Waals surface area contributed by atoms with E-state index in [1.807, 2.05) is 0 Å². The minimum atomic E-state index is -0.365. The number of ether oxygens (including phenoxy) is 1. The lowest BCUT2D eigenvalue weighted by Gasteiger charge is -2.11. The third-order valence-corrected chi connectivity index (χ3v) is 3.26. The predicted molar refractivity (Wildman–Crippen MR) is 70.5 cm³/mol. The second-order valence-corrected chi connectivity index (χ2v) is 4.79. The van der Waals surface area contributed by atoms with Crippen molar-refractivity contribution >= 4 is 11.9 Å². The molecule has 0 saturated carbocycles. The maximum Gasteiger partial charge on any atom is 0.322 e. The van der Waals surface area contributed by atoms with Crippen LogP contribution in [0.15, 0.2) is 24.3 Å². The first-order chi connectivity index (χ1) is 9.58.